The molecule has 0 aliphatic heterocycles. The van der Waals surface area contributed by atoms with E-state index in [2.05, 4.69) is 63.2 Å². The molecule has 0 spiro atoms. The number of nitrogens with two attached hydrogens (primary N) is 1. The normalized spacial score (nSPS) is 16.6. The molecule has 18 heavy (non-hydrogen) atoms. The molecule has 1 rings (SSSR count). The van der Waals surface area contributed by atoms with Crippen LogP contribution in [0.4, 0.5) is 0 Å². The fraction of sp³-hybridized carbons (Fsp3) is 0.600. The molecular weight excluding hydrogens is 240 g/mol. The van der Waals surface area contributed by atoms with Crippen LogP contribution < -0.4 is 5.73 Å². The quantitative estimate of drug-likeness (QED) is 0.858. The lowest BCUT2D eigenvalue weighted by Crippen LogP contribution is -2.42. The van der Waals surface area contributed by atoms with Crippen LogP contribution in [-0.2, 0) is 0 Å². The number of hydrogen-bond donors (Lipinski definition) is 1. The van der Waals surface area contributed by atoms with Gasteiger partial charge in [0.05, 0.1) is 0 Å². The van der Waals surface area contributed by atoms with Gasteiger partial charge < -0.3 is 5.73 Å². The van der Waals surface area contributed by atoms with Crippen LogP contribution in [0.3, 0.4) is 0 Å². The van der Waals surface area contributed by atoms with Gasteiger partial charge in [0.15, 0.2) is 0 Å². The Labute approximate surface area is 116 Å². The van der Waals surface area contributed by atoms with Gasteiger partial charge in [-0.05, 0) is 39.6 Å². The van der Waals surface area contributed by atoms with E-state index in [4.69, 9.17) is 5.73 Å². The van der Waals surface area contributed by atoms with Crippen molar-refractivity contribution >= 4 is 11.8 Å². The van der Waals surface area contributed by atoms with Crippen molar-refractivity contribution < 1.29 is 0 Å². The van der Waals surface area contributed by atoms with Gasteiger partial charge in [-0.1, -0.05) is 29.8 Å². The maximum Gasteiger partial charge on any atom is 0.0496 e. The first-order valence-corrected chi connectivity index (χ1v) is 7.89. The molecule has 3 unspecified atom stereocenters. The Morgan fingerprint density at radius 2 is 2.00 bits per heavy atom. The van der Waals surface area contributed by atoms with E-state index in [1.165, 1.54) is 11.1 Å². The van der Waals surface area contributed by atoms with Crippen LogP contribution in [0.1, 0.15) is 31.0 Å². The molecule has 1 aromatic rings. The van der Waals surface area contributed by atoms with E-state index >= 15 is 0 Å². The van der Waals surface area contributed by atoms with Gasteiger partial charge in [0, 0.05) is 23.9 Å². The van der Waals surface area contributed by atoms with E-state index in [0.29, 0.717) is 6.04 Å². The predicted octanol–water partition coefficient (Wildman–Crippen LogP) is 3.07. The number of nitrogens with zero attached hydrogens (tertiary/aromatic N) is 1. The molecule has 3 atom stereocenters. The molecule has 0 fully saturated rings. The fourth-order valence-corrected chi connectivity index (χ4v) is 3.11. The first-order chi connectivity index (χ1) is 8.47. The number of thioether (sulfide) groups is 1. The predicted molar refractivity (Wildman–Crippen MR) is 83.2 cm³/mol. The van der Waals surface area contributed by atoms with Crippen molar-refractivity contribution in [3.8, 4) is 0 Å². The Hall–Kier alpha value is -0.510. The van der Waals surface area contributed by atoms with Crippen LogP contribution >= 0.6 is 11.8 Å². The minimum atomic E-state index is 0.126. The van der Waals surface area contributed by atoms with Crippen LogP contribution in [0.5, 0.6) is 0 Å². The van der Waals surface area contributed by atoms with E-state index < -0.39 is 0 Å². The Morgan fingerprint density at radius 1 is 1.33 bits per heavy atom. The zero-order valence-electron chi connectivity index (χ0n) is 12.2. The summed E-state index contributed by atoms with van der Waals surface area (Å²) in [5.41, 5.74) is 8.82. The summed E-state index contributed by atoms with van der Waals surface area (Å²) < 4.78 is 0. The van der Waals surface area contributed by atoms with E-state index in [9.17, 15) is 0 Å². The molecule has 1 aromatic carbocycles. The molecule has 2 nitrogen and oxygen atoms in total. The van der Waals surface area contributed by atoms with E-state index in [1.807, 2.05) is 11.8 Å². The second kappa shape index (κ2) is 7.17. The Balaban J connectivity index is 2.95. The maximum atomic E-state index is 6.21. The monoisotopic (exact) mass is 266 g/mol. The molecule has 0 aliphatic carbocycles. The maximum absolute atomic E-state index is 6.21. The number of hydrogen-bond acceptors (Lipinski definition) is 3. The van der Waals surface area contributed by atoms with E-state index in [1.54, 1.807) is 0 Å². The second-order valence-electron chi connectivity index (χ2n) is 5.19. The van der Waals surface area contributed by atoms with Gasteiger partial charge in [-0.15, -0.1) is 0 Å². The average molecular weight is 266 g/mol. The third kappa shape index (κ3) is 4.01. The van der Waals surface area contributed by atoms with Crippen LogP contribution in [0.15, 0.2) is 24.3 Å². The molecule has 0 bridgehead atoms. The van der Waals surface area contributed by atoms with Crippen molar-refractivity contribution in [1.29, 1.82) is 0 Å². The zero-order chi connectivity index (χ0) is 13.7. The summed E-state index contributed by atoms with van der Waals surface area (Å²) in [6, 6.07) is 9.62. The highest BCUT2D eigenvalue weighted by molar-refractivity contribution is 7.98. The summed E-state index contributed by atoms with van der Waals surface area (Å²) in [4.78, 5) is 2.40. The first-order valence-electron chi connectivity index (χ1n) is 6.50. The molecule has 3 heteroatoms. The van der Waals surface area contributed by atoms with Gasteiger partial charge >= 0.3 is 0 Å². The molecule has 0 radical (unpaired) electrons. The third-order valence-corrected chi connectivity index (χ3v) is 4.24. The summed E-state index contributed by atoms with van der Waals surface area (Å²) >= 11 is 1.88. The van der Waals surface area contributed by atoms with Gasteiger partial charge in [-0.25, -0.2) is 0 Å². The highest BCUT2D eigenvalue weighted by Gasteiger charge is 2.24. The summed E-state index contributed by atoms with van der Waals surface area (Å²) in [6.45, 7) is 6.49. The van der Waals surface area contributed by atoms with Crippen molar-refractivity contribution in [2.45, 2.75) is 38.9 Å². The molecule has 102 valence electrons. The number of rotatable bonds is 6. The third-order valence-electron chi connectivity index (χ3n) is 3.42. The highest BCUT2D eigenvalue weighted by Crippen LogP contribution is 2.25. The summed E-state index contributed by atoms with van der Waals surface area (Å²) in [6.07, 6.45) is 2.15. The molecule has 0 heterocycles. The number of aryl methyl sites for hydroxylation is 1. The van der Waals surface area contributed by atoms with Gasteiger partial charge in [-0.3, -0.25) is 4.90 Å². The Bertz CT molecular complexity index is 365. The number of likely N-dealkylation sites (N-methyl/N-ethyl adjacent to an activating group) is 1. The lowest BCUT2D eigenvalue weighted by Gasteiger charge is -2.36. The standard InChI is InChI=1S/C15H26N2S/c1-11-7-6-8-14(9-11)15(13(3)16)17(4)12(2)10-18-5/h6-9,12-13,15H,10,16H2,1-5H3. The van der Waals surface area contributed by atoms with E-state index in [0.717, 1.165) is 5.75 Å². The molecule has 2 N–H and O–H groups in total. The first kappa shape index (κ1) is 15.5. The average Bonchev–Trinajstić information content (AvgIpc) is 2.29. The lowest BCUT2D eigenvalue weighted by atomic mass is 9.97. The van der Waals surface area contributed by atoms with Gasteiger partial charge in [0.1, 0.15) is 0 Å². The van der Waals surface area contributed by atoms with Crippen molar-refractivity contribution in [3.63, 3.8) is 0 Å². The minimum Gasteiger partial charge on any atom is -0.326 e. The summed E-state index contributed by atoms with van der Waals surface area (Å²) in [7, 11) is 2.18. The molecule has 0 aliphatic rings. The van der Waals surface area contributed by atoms with Crippen LogP contribution in [0.2, 0.25) is 0 Å². The van der Waals surface area contributed by atoms with Gasteiger partial charge in [0.2, 0.25) is 0 Å². The van der Waals surface area contributed by atoms with Gasteiger partial charge in [0.25, 0.3) is 0 Å². The minimum absolute atomic E-state index is 0.126. The van der Waals surface area contributed by atoms with E-state index in [-0.39, 0.29) is 12.1 Å². The molecule has 0 amide bonds. The topological polar surface area (TPSA) is 29.3 Å². The Kier molecular flexibility index (Phi) is 6.19. The molecular formula is C15H26N2S. The number of benzene rings is 1. The molecule has 0 aromatic heterocycles. The Morgan fingerprint density at radius 3 is 2.50 bits per heavy atom. The molecule has 0 saturated heterocycles. The summed E-state index contributed by atoms with van der Waals surface area (Å²) in [5.74, 6) is 1.13. The second-order valence-corrected chi connectivity index (χ2v) is 6.10. The van der Waals surface area contributed by atoms with Crippen LogP contribution in [0, 0.1) is 6.92 Å². The lowest BCUT2D eigenvalue weighted by molar-refractivity contribution is 0.178. The summed E-state index contributed by atoms with van der Waals surface area (Å²) in [5, 5.41) is 0. The van der Waals surface area contributed by atoms with Crippen LogP contribution in [0.25, 0.3) is 0 Å². The smallest absolute Gasteiger partial charge is 0.0496 e. The van der Waals surface area contributed by atoms with Crippen molar-refractivity contribution in [2.24, 2.45) is 5.73 Å². The van der Waals surface area contributed by atoms with Gasteiger partial charge in [-0.2, -0.15) is 11.8 Å². The molecule has 0 saturated carbocycles. The highest BCUT2D eigenvalue weighted by atomic mass is 32.2. The van der Waals surface area contributed by atoms with Crippen molar-refractivity contribution in [2.75, 3.05) is 19.1 Å². The van der Waals surface area contributed by atoms with Crippen LogP contribution in [-0.4, -0.2) is 36.0 Å². The largest absolute Gasteiger partial charge is 0.326 e. The van der Waals surface area contributed by atoms with Crippen molar-refractivity contribution in [3.05, 3.63) is 35.4 Å². The van der Waals surface area contributed by atoms with Crippen molar-refractivity contribution in [1.82, 2.24) is 4.90 Å². The zero-order valence-corrected chi connectivity index (χ0v) is 13.0. The SMILES string of the molecule is CSCC(C)N(C)C(c1cccc(C)c1)C(C)N. The fourth-order valence-electron chi connectivity index (χ4n) is 2.40.